The van der Waals surface area contributed by atoms with Crippen LogP contribution in [0.5, 0.6) is 0 Å². The molecular weight excluding hydrogens is 334 g/mol. The summed E-state index contributed by atoms with van der Waals surface area (Å²) in [6.45, 7) is 7.67. The number of rotatable bonds is 7. The van der Waals surface area contributed by atoms with E-state index in [0.29, 0.717) is 18.2 Å². The van der Waals surface area contributed by atoms with Crippen molar-refractivity contribution in [1.82, 2.24) is 14.9 Å². The average molecular weight is 363 g/mol. The van der Waals surface area contributed by atoms with Crippen LogP contribution in [-0.4, -0.2) is 58.6 Å². The summed E-state index contributed by atoms with van der Waals surface area (Å²) in [7, 11) is 0. The van der Waals surface area contributed by atoms with Crippen LogP contribution in [0.2, 0.25) is 0 Å². The van der Waals surface area contributed by atoms with Crippen LogP contribution in [-0.2, 0) is 9.47 Å². The zero-order valence-electron chi connectivity index (χ0n) is 15.9. The summed E-state index contributed by atoms with van der Waals surface area (Å²) in [5, 5.41) is 0. The number of piperidine rings is 1. The minimum atomic E-state index is -0.465. The van der Waals surface area contributed by atoms with E-state index in [1.54, 1.807) is 4.90 Å². The van der Waals surface area contributed by atoms with Crippen LogP contribution < -0.4 is 0 Å². The van der Waals surface area contributed by atoms with E-state index < -0.39 is 5.60 Å². The predicted octanol–water partition coefficient (Wildman–Crippen LogP) is 3.10. The maximum absolute atomic E-state index is 12.2. The molecule has 0 bridgehead atoms. The van der Waals surface area contributed by atoms with Gasteiger partial charge in [0.15, 0.2) is 0 Å². The van der Waals surface area contributed by atoms with Crippen molar-refractivity contribution >= 4 is 11.9 Å². The topological polar surface area (TPSA) is 81.6 Å². The SMILES string of the molecule is CC(C)(C)OC(=O)N1CCCC(CCCOCC(=O)c2cnccn2)C1. The van der Waals surface area contributed by atoms with Gasteiger partial charge in [-0.15, -0.1) is 0 Å². The standard InChI is InChI=1S/C19H29N3O4/c1-19(2,3)26-18(24)22-10-4-6-15(13-22)7-5-11-25-14-17(23)16-12-20-8-9-21-16/h8-9,12,15H,4-7,10-11,13-14H2,1-3H3. The van der Waals surface area contributed by atoms with Crippen molar-refractivity contribution < 1.29 is 19.1 Å². The lowest BCUT2D eigenvalue weighted by Gasteiger charge is -2.34. The molecule has 0 N–H and O–H groups in total. The van der Waals surface area contributed by atoms with E-state index in [1.807, 2.05) is 20.8 Å². The highest BCUT2D eigenvalue weighted by Crippen LogP contribution is 2.22. The molecular formula is C19H29N3O4. The highest BCUT2D eigenvalue weighted by Gasteiger charge is 2.27. The number of carbonyl (C=O) groups excluding carboxylic acids is 2. The van der Waals surface area contributed by atoms with Gasteiger partial charge >= 0.3 is 6.09 Å². The molecule has 0 spiro atoms. The second-order valence-electron chi connectivity index (χ2n) is 7.64. The van der Waals surface area contributed by atoms with E-state index in [-0.39, 0.29) is 18.5 Å². The lowest BCUT2D eigenvalue weighted by molar-refractivity contribution is 0.0155. The van der Waals surface area contributed by atoms with E-state index in [2.05, 4.69) is 9.97 Å². The van der Waals surface area contributed by atoms with Crippen LogP contribution in [0.15, 0.2) is 18.6 Å². The fourth-order valence-electron chi connectivity index (χ4n) is 2.95. The highest BCUT2D eigenvalue weighted by molar-refractivity contribution is 5.94. The lowest BCUT2D eigenvalue weighted by Crippen LogP contribution is -2.42. The summed E-state index contributed by atoms with van der Waals surface area (Å²) in [5.74, 6) is 0.294. The van der Waals surface area contributed by atoms with Crippen molar-refractivity contribution in [3.8, 4) is 0 Å². The minimum Gasteiger partial charge on any atom is -0.444 e. The van der Waals surface area contributed by atoms with Crippen molar-refractivity contribution in [2.24, 2.45) is 5.92 Å². The number of aromatic nitrogens is 2. The quantitative estimate of drug-likeness (QED) is 0.547. The first-order valence-electron chi connectivity index (χ1n) is 9.20. The first kappa shape index (κ1) is 20.3. The van der Waals surface area contributed by atoms with Gasteiger partial charge in [0.25, 0.3) is 0 Å². The number of likely N-dealkylation sites (tertiary alicyclic amines) is 1. The summed E-state index contributed by atoms with van der Waals surface area (Å²) in [6.07, 6.45) is 8.18. The van der Waals surface area contributed by atoms with Crippen molar-refractivity contribution in [3.05, 3.63) is 24.3 Å². The van der Waals surface area contributed by atoms with Crippen LogP contribution in [0.3, 0.4) is 0 Å². The van der Waals surface area contributed by atoms with E-state index in [1.165, 1.54) is 18.6 Å². The molecule has 144 valence electrons. The Hall–Kier alpha value is -2.02. The molecule has 1 aromatic heterocycles. The largest absolute Gasteiger partial charge is 0.444 e. The van der Waals surface area contributed by atoms with Crippen LogP contribution in [0, 0.1) is 5.92 Å². The van der Waals surface area contributed by atoms with E-state index in [9.17, 15) is 9.59 Å². The Labute approximate surface area is 155 Å². The van der Waals surface area contributed by atoms with E-state index in [4.69, 9.17) is 9.47 Å². The number of amides is 1. The van der Waals surface area contributed by atoms with Gasteiger partial charge in [0, 0.05) is 32.1 Å². The second kappa shape index (κ2) is 9.62. The normalized spacial score (nSPS) is 17.8. The number of Topliss-reactive ketones (excluding diaryl/α,β-unsaturated/α-hetero) is 1. The van der Waals surface area contributed by atoms with Crippen LogP contribution in [0.25, 0.3) is 0 Å². The summed E-state index contributed by atoms with van der Waals surface area (Å²) < 4.78 is 10.9. The molecule has 1 fully saturated rings. The van der Waals surface area contributed by atoms with Crippen LogP contribution >= 0.6 is 0 Å². The summed E-state index contributed by atoms with van der Waals surface area (Å²) in [5.41, 5.74) is -0.138. The van der Waals surface area contributed by atoms with Crippen molar-refractivity contribution in [2.45, 2.75) is 52.1 Å². The summed E-state index contributed by atoms with van der Waals surface area (Å²) in [4.78, 5) is 33.7. The van der Waals surface area contributed by atoms with Gasteiger partial charge in [0.2, 0.25) is 5.78 Å². The van der Waals surface area contributed by atoms with Gasteiger partial charge in [-0.3, -0.25) is 9.78 Å². The summed E-state index contributed by atoms with van der Waals surface area (Å²) in [6, 6.07) is 0. The van der Waals surface area contributed by atoms with Gasteiger partial charge in [0.1, 0.15) is 17.9 Å². The fraction of sp³-hybridized carbons (Fsp3) is 0.684. The molecule has 0 aromatic carbocycles. The Morgan fingerprint density at radius 1 is 1.31 bits per heavy atom. The second-order valence-corrected chi connectivity index (χ2v) is 7.64. The maximum Gasteiger partial charge on any atom is 0.410 e. The molecule has 26 heavy (non-hydrogen) atoms. The molecule has 7 nitrogen and oxygen atoms in total. The van der Waals surface area contributed by atoms with Gasteiger partial charge in [-0.1, -0.05) is 0 Å². The number of hydrogen-bond acceptors (Lipinski definition) is 6. The zero-order chi connectivity index (χ0) is 19.0. The number of hydrogen-bond donors (Lipinski definition) is 0. The molecule has 2 heterocycles. The first-order valence-corrected chi connectivity index (χ1v) is 9.20. The number of ether oxygens (including phenoxy) is 2. The molecule has 0 aliphatic carbocycles. The van der Waals surface area contributed by atoms with Crippen LogP contribution in [0.1, 0.15) is 56.9 Å². The van der Waals surface area contributed by atoms with Gasteiger partial charge in [0.05, 0.1) is 6.20 Å². The Morgan fingerprint density at radius 3 is 2.81 bits per heavy atom. The van der Waals surface area contributed by atoms with Gasteiger partial charge in [-0.2, -0.15) is 0 Å². The molecule has 1 aliphatic rings. The highest BCUT2D eigenvalue weighted by atomic mass is 16.6. The third-order valence-corrected chi connectivity index (χ3v) is 4.15. The Balaban J connectivity index is 1.63. The third-order valence-electron chi connectivity index (χ3n) is 4.15. The monoisotopic (exact) mass is 363 g/mol. The molecule has 0 radical (unpaired) electrons. The number of carbonyl (C=O) groups is 2. The minimum absolute atomic E-state index is 0.0212. The Morgan fingerprint density at radius 2 is 2.12 bits per heavy atom. The molecule has 1 saturated heterocycles. The average Bonchev–Trinajstić information content (AvgIpc) is 2.61. The third kappa shape index (κ3) is 7.07. The maximum atomic E-state index is 12.2. The predicted molar refractivity (Wildman–Crippen MR) is 96.9 cm³/mol. The molecule has 0 saturated carbocycles. The fourth-order valence-corrected chi connectivity index (χ4v) is 2.95. The van der Waals surface area contributed by atoms with Gasteiger partial charge in [-0.25, -0.2) is 9.78 Å². The number of nitrogens with zero attached hydrogens (tertiary/aromatic N) is 3. The van der Waals surface area contributed by atoms with E-state index >= 15 is 0 Å². The lowest BCUT2D eigenvalue weighted by atomic mass is 9.94. The van der Waals surface area contributed by atoms with Crippen molar-refractivity contribution in [2.75, 3.05) is 26.3 Å². The van der Waals surface area contributed by atoms with Crippen LogP contribution in [0.4, 0.5) is 4.79 Å². The van der Waals surface area contributed by atoms with Crippen molar-refractivity contribution in [3.63, 3.8) is 0 Å². The zero-order valence-corrected chi connectivity index (χ0v) is 15.9. The molecule has 1 amide bonds. The molecule has 2 rings (SSSR count). The Bertz CT molecular complexity index is 586. The molecule has 7 heteroatoms. The summed E-state index contributed by atoms with van der Waals surface area (Å²) >= 11 is 0. The molecule has 1 unspecified atom stereocenters. The number of ketones is 1. The van der Waals surface area contributed by atoms with E-state index in [0.717, 1.165) is 38.8 Å². The van der Waals surface area contributed by atoms with Gasteiger partial charge < -0.3 is 14.4 Å². The molecule has 1 aromatic rings. The molecule has 1 atom stereocenters. The Kier molecular flexibility index (Phi) is 7.50. The smallest absolute Gasteiger partial charge is 0.410 e. The first-order chi connectivity index (χ1) is 12.3. The van der Waals surface area contributed by atoms with Crippen molar-refractivity contribution in [1.29, 1.82) is 0 Å². The molecule has 1 aliphatic heterocycles. The van der Waals surface area contributed by atoms with Gasteiger partial charge in [-0.05, 0) is 52.4 Å².